The second kappa shape index (κ2) is 9.13. The topological polar surface area (TPSA) is 61.6 Å². The predicted molar refractivity (Wildman–Crippen MR) is 139 cm³/mol. The molecule has 176 valence electrons. The van der Waals surface area contributed by atoms with Crippen molar-refractivity contribution < 1.29 is 5.11 Å². The first-order valence-corrected chi connectivity index (χ1v) is 13.2. The van der Waals surface area contributed by atoms with Gasteiger partial charge in [-0.1, -0.05) is 37.1 Å². The van der Waals surface area contributed by atoms with E-state index >= 15 is 0 Å². The van der Waals surface area contributed by atoms with E-state index in [2.05, 4.69) is 50.9 Å². The quantitative estimate of drug-likeness (QED) is 0.444. The smallest absolute Gasteiger partial charge is 0.261 e. The number of hydrogen-bond donors (Lipinski definition) is 1. The molecule has 6 nitrogen and oxygen atoms in total. The molecule has 1 N–H and O–H groups in total. The van der Waals surface area contributed by atoms with E-state index < -0.39 is 6.10 Å². The Morgan fingerprint density at radius 3 is 2.56 bits per heavy atom. The molecule has 7 heteroatoms. The molecule has 1 aliphatic heterocycles. The molecule has 0 bridgehead atoms. The minimum absolute atomic E-state index is 0.0368. The van der Waals surface area contributed by atoms with Crippen LogP contribution >= 0.6 is 11.3 Å². The van der Waals surface area contributed by atoms with Crippen LogP contribution in [0.4, 0.5) is 5.69 Å². The maximum Gasteiger partial charge on any atom is 0.261 e. The molecule has 0 amide bonds. The molecule has 34 heavy (non-hydrogen) atoms. The van der Waals surface area contributed by atoms with Crippen LogP contribution in [0.3, 0.4) is 0 Å². The molecule has 1 aliphatic carbocycles. The van der Waals surface area contributed by atoms with E-state index in [1.165, 1.54) is 11.3 Å². The Bertz CT molecular complexity index is 1360. The van der Waals surface area contributed by atoms with Gasteiger partial charge in [-0.25, -0.2) is 4.98 Å². The first-order valence-electron chi connectivity index (χ1n) is 12.3. The number of nitrogens with zero attached hydrogens (tertiary/aromatic N) is 4. The summed E-state index contributed by atoms with van der Waals surface area (Å²) >= 11 is 1.74. The second-order valence-corrected chi connectivity index (χ2v) is 10.4. The number of aliphatic hydroxyl groups excluding tert-OH is 1. The van der Waals surface area contributed by atoms with Gasteiger partial charge in [-0.05, 0) is 41.3 Å². The average Bonchev–Trinajstić information content (AvgIpc) is 3.41. The molecule has 6 rings (SSSR count). The maximum absolute atomic E-state index is 13.6. The highest BCUT2D eigenvalue weighted by atomic mass is 32.1. The van der Waals surface area contributed by atoms with Crippen LogP contribution in [-0.2, 0) is 6.54 Å². The fourth-order valence-corrected chi connectivity index (χ4v) is 6.34. The van der Waals surface area contributed by atoms with Gasteiger partial charge in [-0.15, -0.1) is 0 Å². The Labute approximate surface area is 203 Å². The van der Waals surface area contributed by atoms with Crippen molar-refractivity contribution in [2.24, 2.45) is 0 Å². The van der Waals surface area contributed by atoms with Crippen molar-refractivity contribution in [3.05, 3.63) is 69.4 Å². The van der Waals surface area contributed by atoms with Crippen molar-refractivity contribution in [1.82, 2.24) is 14.5 Å². The molecule has 0 radical (unpaired) electrons. The molecule has 2 aromatic heterocycles. The van der Waals surface area contributed by atoms with E-state index in [0.717, 1.165) is 74.7 Å². The molecular formula is C27H30N4O2S. The van der Waals surface area contributed by atoms with Crippen LogP contribution in [0.15, 0.2) is 58.3 Å². The van der Waals surface area contributed by atoms with Crippen molar-refractivity contribution >= 4 is 38.7 Å². The van der Waals surface area contributed by atoms with Crippen LogP contribution in [0.2, 0.25) is 0 Å². The molecule has 1 saturated carbocycles. The van der Waals surface area contributed by atoms with Gasteiger partial charge < -0.3 is 10.0 Å². The first-order chi connectivity index (χ1) is 16.7. The third-order valence-corrected chi connectivity index (χ3v) is 8.24. The fourth-order valence-electron chi connectivity index (χ4n) is 5.67. The van der Waals surface area contributed by atoms with Gasteiger partial charge in [0.15, 0.2) is 0 Å². The molecule has 3 heterocycles. The van der Waals surface area contributed by atoms with Crippen molar-refractivity contribution in [3.8, 4) is 0 Å². The van der Waals surface area contributed by atoms with Crippen LogP contribution in [0.1, 0.15) is 37.3 Å². The summed E-state index contributed by atoms with van der Waals surface area (Å²) < 4.78 is 1.68. The van der Waals surface area contributed by atoms with Crippen molar-refractivity contribution in [2.75, 3.05) is 31.1 Å². The zero-order valence-corrected chi connectivity index (χ0v) is 20.1. The van der Waals surface area contributed by atoms with Crippen molar-refractivity contribution in [1.29, 1.82) is 0 Å². The van der Waals surface area contributed by atoms with E-state index in [4.69, 9.17) is 4.98 Å². The summed E-state index contributed by atoms with van der Waals surface area (Å²) in [5, 5.41) is 17.8. The molecule has 0 spiro atoms. The lowest BCUT2D eigenvalue weighted by Crippen LogP contribution is -2.45. The van der Waals surface area contributed by atoms with Crippen LogP contribution in [0.25, 0.3) is 21.7 Å². The average molecular weight is 475 g/mol. The fraction of sp³-hybridized carbons (Fsp3) is 0.407. The largest absolute Gasteiger partial charge is 0.391 e. The molecule has 1 saturated heterocycles. The Morgan fingerprint density at radius 1 is 1.00 bits per heavy atom. The van der Waals surface area contributed by atoms with Gasteiger partial charge in [-0.2, -0.15) is 11.3 Å². The maximum atomic E-state index is 13.6. The molecule has 2 aliphatic rings. The monoisotopic (exact) mass is 474 g/mol. The van der Waals surface area contributed by atoms with Crippen LogP contribution < -0.4 is 10.5 Å². The summed E-state index contributed by atoms with van der Waals surface area (Å²) in [5.41, 5.74) is 3.21. The molecular weight excluding hydrogens is 444 g/mol. The summed E-state index contributed by atoms with van der Waals surface area (Å²) in [4.78, 5) is 23.3. The molecule has 4 aromatic rings. The third-order valence-electron chi connectivity index (χ3n) is 7.57. The summed E-state index contributed by atoms with van der Waals surface area (Å²) in [7, 11) is 0. The number of rotatable bonds is 4. The predicted octanol–water partition coefficient (Wildman–Crippen LogP) is 4.41. The highest BCUT2D eigenvalue weighted by Gasteiger charge is 2.26. The van der Waals surface area contributed by atoms with Gasteiger partial charge in [0.2, 0.25) is 0 Å². The van der Waals surface area contributed by atoms with E-state index in [9.17, 15) is 9.90 Å². The van der Waals surface area contributed by atoms with E-state index in [1.807, 2.05) is 6.07 Å². The third kappa shape index (κ3) is 3.91. The minimum Gasteiger partial charge on any atom is -0.391 e. The minimum atomic E-state index is -0.481. The summed E-state index contributed by atoms with van der Waals surface area (Å²) in [5.74, 6) is 0. The number of benzene rings is 2. The van der Waals surface area contributed by atoms with Crippen molar-refractivity contribution in [2.45, 2.75) is 44.4 Å². The van der Waals surface area contributed by atoms with Gasteiger partial charge in [0.05, 0.1) is 29.4 Å². The summed E-state index contributed by atoms with van der Waals surface area (Å²) in [6.45, 7) is 4.82. The molecule has 0 unspecified atom stereocenters. The molecule has 2 aromatic carbocycles. The van der Waals surface area contributed by atoms with E-state index in [-0.39, 0.29) is 11.6 Å². The van der Waals surface area contributed by atoms with Crippen LogP contribution in [0, 0.1) is 0 Å². The second-order valence-electron chi connectivity index (χ2n) is 9.60. The number of anilines is 1. The Balaban J connectivity index is 1.35. The highest BCUT2D eigenvalue weighted by molar-refractivity contribution is 7.08. The molecule has 2 atom stereocenters. The lowest BCUT2D eigenvalue weighted by molar-refractivity contribution is 0.0735. The standard InChI is InChI=1S/C27H30N4O2S/c32-25-8-4-3-7-24(25)31-18-28-26-22-6-2-1-5-21(22)19(15-23(26)27(31)33)16-29-10-12-30(13-11-29)20-9-14-34-17-20/h1-2,5-6,9,14-15,17-18,24-25,32H,3-4,7-8,10-13,16H2/t24-,25-/m0/s1. The van der Waals surface area contributed by atoms with E-state index in [0.29, 0.717) is 5.39 Å². The number of thiophene rings is 1. The number of hydrogen-bond acceptors (Lipinski definition) is 6. The molecule has 2 fully saturated rings. The van der Waals surface area contributed by atoms with Crippen LogP contribution in [-0.4, -0.2) is 51.8 Å². The number of piperazine rings is 1. The normalized spacial score (nSPS) is 22.0. The zero-order chi connectivity index (χ0) is 23.1. The Hall–Kier alpha value is -2.74. The lowest BCUT2D eigenvalue weighted by Gasteiger charge is -2.35. The highest BCUT2D eigenvalue weighted by Crippen LogP contribution is 2.30. The Kier molecular flexibility index (Phi) is 5.85. The zero-order valence-electron chi connectivity index (χ0n) is 19.3. The van der Waals surface area contributed by atoms with Crippen LogP contribution in [0.5, 0.6) is 0 Å². The Morgan fingerprint density at radius 2 is 1.79 bits per heavy atom. The lowest BCUT2D eigenvalue weighted by atomic mass is 9.92. The first kappa shape index (κ1) is 21.8. The van der Waals surface area contributed by atoms with Crippen molar-refractivity contribution in [3.63, 3.8) is 0 Å². The number of fused-ring (bicyclic) bond motifs is 3. The van der Waals surface area contributed by atoms with Gasteiger partial charge in [-0.3, -0.25) is 14.3 Å². The van der Waals surface area contributed by atoms with Gasteiger partial charge in [0, 0.05) is 49.2 Å². The van der Waals surface area contributed by atoms with E-state index in [1.54, 1.807) is 22.2 Å². The van der Waals surface area contributed by atoms with Gasteiger partial charge in [0.25, 0.3) is 5.56 Å². The number of aromatic nitrogens is 2. The van der Waals surface area contributed by atoms with Gasteiger partial charge in [0.1, 0.15) is 0 Å². The summed E-state index contributed by atoms with van der Waals surface area (Å²) in [6.07, 6.45) is 4.79. The summed E-state index contributed by atoms with van der Waals surface area (Å²) in [6, 6.07) is 12.4. The number of aliphatic hydroxyl groups is 1. The van der Waals surface area contributed by atoms with Gasteiger partial charge >= 0.3 is 0 Å². The SMILES string of the molecule is O=c1c2cc(CN3CCN(c4ccsc4)CC3)c3ccccc3c2ncn1[C@H]1CCCC[C@@H]1O.